The molecule has 1 rings (SSSR count). The Labute approximate surface area is 166 Å². The summed E-state index contributed by atoms with van der Waals surface area (Å²) in [5.74, 6) is 1.36. The molecule has 0 spiro atoms. The summed E-state index contributed by atoms with van der Waals surface area (Å²) < 4.78 is 5.47. The topological polar surface area (TPSA) is 52.1 Å². The second-order valence-electron chi connectivity index (χ2n) is 8.06. The molecule has 1 unspecified atom stereocenters. The Hall–Kier alpha value is -1.37. The first kappa shape index (κ1) is 23.7. The third-order valence-electron chi connectivity index (χ3n) is 5.22. The van der Waals surface area contributed by atoms with Crippen molar-refractivity contribution in [1.82, 2.24) is 20.4 Å². The van der Waals surface area contributed by atoms with E-state index in [1.165, 1.54) is 0 Å². The van der Waals surface area contributed by atoms with Crippen LogP contribution in [0.3, 0.4) is 0 Å². The maximum absolute atomic E-state index is 5.47. The van der Waals surface area contributed by atoms with Crippen molar-refractivity contribution in [2.45, 2.75) is 39.3 Å². The van der Waals surface area contributed by atoms with Crippen LogP contribution in [0.1, 0.15) is 27.7 Å². The van der Waals surface area contributed by atoms with E-state index in [0.717, 1.165) is 58.4 Å². The lowest BCUT2D eigenvalue weighted by Gasteiger charge is -2.41. The van der Waals surface area contributed by atoms with Gasteiger partial charge in [-0.05, 0) is 19.8 Å². The molecule has 0 aliphatic carbocycles. The Morgan fingerprint density at radius 3 is 2.26 bits per heavy atom. The maximum Gasteiger partial charge on any atom is 0.191 e. The summed E-state index contributed by atoms with van der Waals surface area (Å²) >= 11 is 0. The van der Waals surface area contributed by atoms with Gasteiger partial charge in [-0.2, -0.15) is 0 Å². The Kier molecular flexibility index (Phi) is 10.7. The summed E-state index contributed by atoms with van der Waals surface area (Å²) in [6.07, 6.45) is 3.91. The van der Waals surface area contributed by atoms with Gasteiger partial charge in [0.25, 0.3) is 0 Å². The van der Waals surface area contributed by atoms with E-state index in [4.69, 9.17) is 4.74 Å². The first-order chi connectivity index (χ1) is 12.9. The van der Waals surface area contributed by atoms with Gasteiger partial charge in [-0.3, -0.25) is 14.8 Å². The fourth-order valence-electron chi connectivity index (χ4n) is 3.47. The van der Waals surface area contributed by atoms with Crippen molar-refractivity contribution in [2.24, 2.45) is 10.9 Å². The predicted octanol–water partition coefficient (Wildman–Crippen LogP) is 1.96. The second kappa shape index (κ2) is 12.2. The molecular weight excluding hydrogens is 338 g/mol. The predicted molar refractivity (Wildman–Crippen MR) is 116 cm³/mol. The third kappa shape index (κ3) is 8.03. The van der Waals surface area contributed by atoms with Crippen LogP contribution in [0, 0.1) is 5.92 Å². The van der Waals surface area contributed by atoms with E-state index in [-0.39, 0.29) is 5.54 Å². The van der Waals surface area contributed by atoms with Gasteiger partial charge in [-0.15, -0.1) is 13.2 Å². The molecule has 1 fully saturated rings. The Balaban J connectivity index is 2.60. The smallest absolute Gasteiger partial charge is 0.191 e. The molecule has 0 aromatic carbocycles. The van der Waals surface area contributed by atoms with Crippen LogP contribution in [0.2, 0.25) is 0 Å². The number of nitrogens with one attached hydrogen (secondary N) is 2. The average molecular weight is 380 g/mol. The summed E-state index contributed by atoms with van der Waals surface area (Å²) in [4.78, 5) is 9.28. The monoisotopic (exact) mass is 379 g/mol. The molecule has 1 saturated heterocycles. The molecule has 2 N–H and O–H groups in total. The van der Waals surface area contributed by atoms with Gasteiger partial charge in [0, 0.05) is 57.9 Å². The quantitative estimate of drug-likeness (QED) is 0.327. The van der Waals surface area contributed by atoms with E-state index in [2.05, 4.69) is 66.3 Å². The third-order valence-corrected chi connectivity index (χ3v) is 5.22. The van der Waals surface area contributed by atoms with Crippen molar-refractivity contribution in [3.05, 3.63) is 25.3 Å². The van der Waals surface area contributed by atoms with Gasteiger partial charge >= 0.3 is 0 Å². The van der Waals surface area contributed by atoms with Crippen molar-refractivity contribution >= 4 is 5.96 Å². The van der Waals surface area contributed by atoms with Gasteiger partial charge in [0.15, 0.2) is 5.96 Å². The summed E-state index contributed by atoms with van der Waals surface area (Å²) in [5, 5.41) is 7.01. The molecule has 1 atom stereocenters. The normalized spacial score (nSPS) is 17.8. The number of aliphatic imine (C=N–C) groups is 1. The zero-order valence-corrected chi connectivity index (χ0v) is 18.1. The number of hydrogen-bond acceptors (Lipinski definition) is 4. The van der Waals surface area contributed by atoms with E-state index in [0.29, 0.717) is 12.0 Å². The van der Waals surface area contributed by atoms with Crippen molar-refractivity contribution < 1.29 is 4.74 Å². The fourth-order valence-corrected chi connectivity index (χ4v) is 3.47. The number of hydrogen-bond donors (Lipinski definition) is 2. The van der Waals surface area contributed by atoms with Crippen LogP contribution in [0.25, 0.3) is 0 Å². The molecule has 0 bridgehead atoms. The van der Waals surface area contributed by atoms with Crippen LogP contribution >= 0.6 is 0 Å². The highest BCUT2D eigenvalue weighted by molar-refractivity contribution is 5.79. The van der Waals surface area contributed by atoms with Crippen LogP contribution < -0.4 is 10.6 Å². The van der Waals surface area contributed by atoms with Crippen molar-refractivity contribution in [1.29, 1.82) is 0 Å². The van der Waals surface area contributed by atoms with Crippen molar-refractivity contribution in [2.75, 3.05) is 59.5 Å². The largest absolute Gasteiger partial charge is 0.379 e. The van der Waals surface area contributed by atoms with Gasteiger partial charge in [0.05, 0.1) is 13.2 Å². The molecule has 1 aliphatic heterocycles. The minimum Gasteiger partial charge on any atom is -0.379 e. The highest BCUT2D eigenvalue weighted by Gasteiger charge is 2.28. The summed E-state index contributed by atoms with van der Waals surface area (Å²) in [7, 11) is 1.83. The molecule has 1 aliphatic rings. The SMILES string of the molecule is C=CCN(CC=C)C(CNC(=NC)NCC(C)(C)N1CCOCC1)C(C)C. The van der Waals surface area contributed by atoms with Gasteiger partial charge < -0.3 is 15.4 Å². The van der Waals surface area contributed by atoms with Gasteiger partial charge in [0.1, 0.15) is 0 Å². The van der Waals surface area contributed by atoms with Gasteiger partial charge in [-0.25, -0.2) is 0 Å². The second-order valence-corrected chi connectivity index (χ2v) is 8.06. The van der Waals surface area contributed by atoms with E-state index in [1.54, 1.807) is 0 Å². The first-order valence-corrected chi connectivity index (χ1v) is 10.1. The zero-order valence-electron chi connectivity index (χ0n) is 18.1. The maximum atomic E-state index is 5.47. The van der Waals surface area contributed by atoms with Crippen molar-refractivity contribution in [3.8, 4) is 0 Å². The Morgan fingerprint density at radius 2 is 1.78 bits per heavy atom. The molecule has 0 saturated carbocycles. The molecule has 0 aromatic rings. The Bertz CT molecular complexity index is 459. The van der Waals surface area contributed by atoms with E-state index >= 15 is 0 Å². The molecular formula is C21H41N5O. The lowest BCUT2D eigenvalue weighted by Crippen LogP contribution is -2.57. The minimum absolute atomic E-state index is 0.0521. The lowest BCUT2D eigenvalue weighted by atomic mass is 10.0. The lowest BCUT2D eigenvalue weighted by molar-refractivity contribution is -0.00834. The molecule has 27 heavy (non-hydrogen) atoms. The van der Waals surface area contributed by atoms with Crippen molar-refractivity contribution in [3.63, 3.8) is 0 Å². The Morgan fingerprint density at radius 1 is 1.19 bits per heavy atom. The number of morpholine rings is 1. The molecule has 0 amide bonds. The first-order valence-electron chi connectivity index (χ1n) is 10.1. The van der Waals surface area contributed by atoms with E-state index in [9.17, 15) is 0 Å². The molecule has 0 aromatic heterocycles. The van der Waals surface area contributed by atoms with Crippen LogP contribution in [0.5, 0.6) is 0 Å². The standard InChI is InChI=1S/C21H41N5O/c1-8-10-25(11-9-2)19(18(3)4)16-23-20(22-7)24-17-21(5,6)26-12-14-27-15-13-26/h8-9,18-19H,1-2,10-17H2,3-7H3,(H2,22,23,24). The molecule has 156 valence electrons. The summed E-state index contributed by atoms with van der Waals surface area (Å²) in [5.41, 5.74) is 0.0521. The van der Waals surface area contributed by atoms with Crippen LogP contribution in [0.4, 0.5) is 0 Å². The number of ether oxygens (including phenoxy) is 1. The fraction of sp³-hybridized carbons (Fsp3) is 0.762. The van der Waals surface area contributed by atoms with E-state index in [1.807, 2.05) is 19.2 Å². The van der Waals surface area contributed by atoms with Crippen LogP contribution in [-0.2, 0) is 4.74 Å². The van der Waals surface area contributed by atoms with Gasteiger partial charge in [-0.1, -0.05) is 26.0 Å². The zero-order chi connectivity index (χ0) is 20.3. The van der Waals surface area contributed by atoms with Crippen LogP contribution in [0.15, 0.2) is 30.3 Å². The molecule has 6 heteroatoms. The number of rotatable bonds is 11. The number of guanidine groups is 1. The average Bonchev–Trinajstić information content (AvgIpc) is 2.65. The minimum atomic E-state index is 0.0521. The molecule has 1 heterocycles. The highest BCUT2D eigenvalue weighted by Crippen LogP contribution is 2.15. The number of nitrogens with zero attached hydrogens (tertiary/aromatic N) is 3. The molecule has 6 nitrogen and oxygen atoms in total. The van der Waals surface area contributed by atoms with E-state index < -0.39 is 0 Å². The summed E-state index contributed by atoms with van der Waals surface area (Å²) in [6.45, 7) is 23.8. The summed E-state index contributed by atoms with van der Waals surface area (Å²) in [6, 6.07) is 0.381. The van der Waals surface area contributed by atoms with Crippen LogP contribution in [-0.4, -0.2) is 86.9 Å². The van der Waals surface area contributed by atoms with Gasteiger partial charge in [0.2, 0.25) is 0 Å². The molecule has 0 radical (unpaired) electrons. The highest BCUT2D eigenvalue weighted by atomic mass is 16.5.